The lowest BCUT2D eigenvalue weighted by atomic mass is 10.0. The summed E-state index contributed by atoms with van der Waals surface area (Å²) in [7, 11) is 4.92. The number of pyridine rings is 1. The number of rotatable bonds is 10. The van der Waals surface area contributed by atoms with Gasteiger partial charge in [-0.15, -0.1) is 0 Å². The van der Waals surface area contributed by atoms with Crippen LogP contribution in [0.2, 0.25) is 0 Å². The van der Waals surface area contributed by atoms with Crippen LogP contribution in [0.3, 0.4) is 0 Å². The molecule has 0 bridgehead atoms. The molecule has 0 spiro atoms. The number of hydrogen-bond donors (Lipinski definition) is 1. The Morgan fingerprint density at radius 1 is 0.829 bits per heavy atom. The second-order valence-electron chi connectivity index (χ2n) is 10.5. The van der Waals surface area contributed by atoms with E-state index in [9.17, 15) is 4.79 Å². The number of methoxy groups -OCH3 is 3. The molecule has 1 aromatic heterocycles. The van der Waals surface area contributed by atoms with Crippen LogP contribution in [0.1, 0.15) is 27.8 Å². The number of piperazine rings is 1. The molecule has 2 heterocycles. The third-order valence-electron chi connectivity index (χ3n) is 7.58. The molecule has 8 nitrogen and oxygen atoms in total. The fraction of sp³-hybridized carbons (Fsp3) is 0.333. The van der Waals surface area contributed by atoms with E-state index in [0.29, 0.717) is 17.1 Å². The summed E-state index contributed by atoms with van der Waals surface area (Å²) in [5.41, 5.74) is 7.53. The van der Waals surface area contributed by atoms with Gasteiger partial charge >= 0.3 is 0 Å². The van der Waals surface area contributed by atoms with Gasteiger partial charge in [-0.2, -0.15) is 0 Å². The maximum atomic E-state index is 11.8. The van der Waals surface area contributed by atoms with Crippen molar-refractivity contribution in [2.24, 2.45) is 0 Å². The molecule has 1 aliphatic heterocycles. The lowest BCUT2D eigenvalue weighted by Crippen LogP contribution is -2.45. The molecular formula is C33H37N4O4. The Balaban J connectivity index is 1.30. The molecule has 1 fully saturated rings. The zero-order chi connectivity index (χ0) is 28.9. The van der Waals surface area contributed by atoms with Gasteiger partial charge < -0.3 is 19.5 Å². The van der Waals surface area contributed by atoms with Crippen molar-refractivity contribution in [1.29, 1.82) is 0 Å². The Hall–Kier alpha value is -4.14. The maximum absolute atomic E-state index is 11.8. The lowest BCUT2D eigenvalue weighted by Gasteiger charge is -2.35. The van der Waals surface area contributed by atoms with Crippen LogP contribution in [-0.4, -0.2) is 68.6 Å². The van der Waals surface area contributed by atoms with Crippen molar-refractivity contribution in [3.63, 3.8) is 0 Å². The van der Waals surface area contributed by atoms with Gasteiger partial charge in [0.2, 0.25) is 12.0 Å². The normalized spacial score (nSPS) is 14.2. The van der Waals surface area contributed by atoms with Crippen LogP contribution in [-0.2, 0) is 17.9 Å². The van der Waals surface area contributed by atoms with Crippen LogP contribution in [0, 0.1) is 13.8 Å². The molecule has 0 saturated carbocycles. The highest BCUT2D eigenvalue weighted by molar-refractivity contribution is 6.01. The fourth-order valence-electron chi connectivity index (χ4n) is 5.63. The zero-order valence-electron chi connectivity index (χ0n) is 24.4. The van der Waals surface area contributed by atoms with Gasteiger partial charge in [-0.3, -0.25) is 19.6 Å². The number of anilines is 2. The number of nitrogens with one attached hydrogen (secondary N) is 1. The van der Waals surface area contributed by atoms with Gasteiger partial charge in [-0.25, -0.2) is 0 Å². The number of carbonyl (C=O) groups excluding carboxylic acids is 1. The Labute approximate surface area is 241 Å². The number of hydrogen-bond acceptors (Lipinski definition) is 8. The van der Waals surface area contributed by atoms with E-state index in [-0.39, 0.29) is 0 Å². The first-order chi connectivity index (χ1) is 19.9. The van der Waals surface area contributed by atoms with E-state index >= 15 is 0 Å². The zero-order valence-corrected chi connectivity index (χ0v) is 24.4. The molecule has 5 rings (SSSR count). The molecule has 8 heteroatoms. The van der Waals surface area contributed by atoms with E-state index < -0.39 is 0 Å². The second kappa shape index (κ2) is 12.6. The van der Waals surface area contributed by atoms with Gasteiger partial charge in [-0.1, -0.05) is 18.2 Å². The minimum atomic E-state index is 0.424. The monoisotopic (exact) mass is 553 g/mol. The predicted octanol–water partition coefficient (Wildman–Crippen LogP) is 5.40. The highest BCUT2D eigenvalue weighted by atomic mass is 16.5. The Kier molecular flexibility index (Phi) is 8.71. The Bertz CT molecular complexity index is 1530. The summed E-state index contributed by atoms with van der Waals surface area (Å²) in [6.07, 6.45) is 3.66. The predicted molar refractivity (Wildman–Crippen MR) is 162 cm³/mol. The molecular weight excluding hydrogens is 516 g/mol. The highest BCUT2D eigenvalue weighted by Gasteiger charge is 2.22. The number of aryl methyl sites for hydroxylation is 2. The minimum Gasteiger partial charge on any atom is -0.493 e. The second-order valence-corrected chi connectivity index (χ2v) is 10.5. The van der Waals surface area contributed by atoms with Gasteiger partial charge in [0, 0.05) is 62.1 Å². The largest absolute Gasteiger partial charge is 0.493 e. The Morgan fingerprint density at radius 3 is 2.15 bits per heavy atom. The quantitative estimate of drug-likeness (QED) is 0.280. The summed E-state index contributed by atoms with van der Waals surface area (Å²) in [6, 6.07) is 16.6. The SMILES string of the molecule is COc1ccc(CN2CCN(Cc3ccc4ncc([C]=O)c(Nc5cc(C)cc(C)c5)c4c3)CC2)c(OC)c1OC. The highest BCUT2D eigenvalue weighted by Crippen LogP contribution is 2.40. The molecule has 0 unspecified atom stereocenters. The van der Waals surface area contributed by atoms with E-state index in [1.807, 2.05) is 18.2 Å². The van der Waals surface area contributed by atoms with Gasteiger partial charge in [0.25, 0.3) is 0 Å². The van der Waals surface area contributed by atoms with Crippen molar-refractivity contribution < 1.29 is 19.0 Å². The lowest BCUT2D eigenvalue weighted by molar-refractivity contribution is 0.121. The van der Waals surface area contributed by atoms with Crippen LogP contribution < -0.4 is 19.5 Å². The van der Waals surface area contributed by atoms with E-state index in [2.05, 4.69) is 70.6 Å². The molecule has 1 N–H and O–H groups in total. The van der Waals surface area contributed by atoms with Crippen LogP contribution in [0.5, 0.6) is 17.2 Å². The summed E-state index contributed by atoms with van der Waals surface area (Å²) >= 11 is 0. The molecule has 4 aromatic rings. The number of ether oxygens (including phenoxy) is 3. The van der Waals surface area contributed by atoms with Crippen LogP contribution >= 0.6 is 0 Å². The van der Waals surface area contributed by atoms with Crippen molar-refractivity contribution in [2.45, 2.75) is 26.9 Å². The van der Waals surface area contributed by atoms with Gasteiger partial charge in [0.1, 0.15) is 0 Å². The number of nitrogens with zero attached hydrogens (tertiary/aromatic N) is 3. The fourth-order valence-corrected chi connectivity index (χ4v) is 5.63. The van der Waals surface area contributed by atoms with E-state index in [4.69, 9.17) is 14.2 Å². The maximum Gasteiger partial charge on any atom is 0.237 e. The number of fused-ring (bicyclic) bond motifs is 1. The van der Waals surface area contributed by atoms with E-state index in [0.717, 1.165) is 84.0 Å². The molecule has 1 radical (unpaired) electrons. The average molecular weight is 554 g/mol. The molecule has 1 saturated heterocycles. The molecule has 0 aliphatic carbocycles. The summed E-state index contributed by atoms with van der Waals surface area (Å²) in [5, 5.41) is 4.40. The smallest absolute Gasteiger partial charge is 0.237 e. The van der Waals surface area contributed by atoms with Crippen molar-refractivity contribution in [3.8, 4) is 17.2 Å². The number of benzene rings is 3. The average Bonchev–Trinajstić information content (AvgIpc) is 2.97. The van der Waals surface area contributed by atoms with Crippen molar-refractivity contribution >= 4 is 28.6 Å². The van der Waals surface area contributed by atoms with Crippen LogP contribution in [0.15, 0.2) is 54.7 Å². The molecule has 3 aromatic carbocycles. The van der Waals surface area contributed by atoms with Gasteiger partial charge in [0.15, 0.2) is 11.5 Å². The standard InChI is InChI=1S/C33H37N4O4/c1-22-14-23(2)16-27(15-22)35-31-26(21-38)18-34-29-8-6-24(17-28(29)31)19-36-10-12-37(13-11-36)20-25-7-9-30(39-3)33(41-5)32(25)40-4/h6-9,14-18H,10-13,19-20H2,1-5H3,(H,34,35). The molecule has 0 atom stereocenters. The van der Waals surface area contributed by atoms with E-state index in [1.54, 1.807) is 27.5 Å². The van der Waals surface area contributed by atoms with Crippen molar-refractivity contribution in [2.75, 3.05) is 52.8 Å². The van der Waals surface area contributed by atoms with E-state index in [1.165, 1.54) is 5.56 Å². The Morgan fingerprint density at radius 2 is 1.51 bits per heavy atom. The molecule has 41 heavy (non-hydrogen) atoms. The first kappa shape index (κ1) is 28.4. The summed E-state index contributed by atoms with van der Waals surface area (Å²) in [5.74, 6) is 2.00. The van der Waals surface area contributed by atoms with Crippen molar-refractivity contribution in [3.05, 3.63) is 82.5 Å². The topological polar surface area (TPSA) is 76.2 Å². The molecule has 1 aliphatic rings. The van der Waals surface area contributed by atoms with Crippen LogP contribution in [0.25, 0.3) is 10.9 Å². The van der Waals surface area contributed by atoms with Crippen molar-refractivity contribution in [1.82, 2.24) is 14.8 Å². The third kappa shape index (κ3) is 6.29. The summed E-state index contributed by atoms with van der Waals surface area (Å²) < 4.78 is 16.7. The first-order valence-corrected chi connectivity index (χ1v) is 13.8. The minimum absolute atomic E-state index is 0.424. The molecule has 213 valence electrons. The van der Waals surface area contributed by atoms with Gasteiger partial charge in [0.05, 0.1) is 38.1 Å². The van der Waals surface area contributed by atoms with Gasteiger partial charge in [-0.05, 0) is 60.9 Å². The third-order valence-corrected chi connectivity index (χ3v) is 7.58. The molecule has 0 amide bonds. The van der Waals surface area contributed by atoms with Crippen LogP contribution in [0.4, 0.5) is 11.4 Å². The summed E-state index contributed by atoms with van der Waals surface area (Å²) in [6.45, 7) is 9.50. The number of aromatic nitrogens is 1. The summed E-state index contributed by atoms with van der Waals surface area (Å²) in [4.78, 5) is 21.2. The first-order valence-electron chi connectivity index (χ1n) is 13.8.